The Balaban J connectivity index is 1.52. The Morgan fingerprint density at radius 2 is 2.04 bits per heavy atom. The molecule has 2 saturated carbocycles. The van der Waals surface area contributed by atoms with Gasteiger partial charge in [0, 0.05) is 30.0 Å². The van der Waals surface area contributed by atoms with E-state index in [0.717, 1.165) is 18.5 Å². The zero-order valence-corrected chi connectivity index (χ0v) is 15.7. The van der Waals surface area contributed by atoms with Crippen LogP contribution in [-0.4, -0.2) is 30.9 Å². The first-order chi connectivity index (χ1) is 12.7. The van der Waals surface area contributed by atoms with Crippen LogP contribution in [0.25, 0.3) is 0 Å². The van der Waals surface area contributed by atoms with Gasteiger partial charge in [-0.3, -0.25) is 9.79 Å². The molecule has 4 aliphatic rings. The molecule has 2 aliphatic carbocycles. The van der Waals surface area contributed by atoms with Crippen LogP contribution in [0.4, 0.5) is 5.69 Å². The van der Waals surface area contributed by atoms with Crippen LogP contribution in [0.3, 0.4) is 0 Å². The number of nitrogens with one attached hydrogen (secondary N) is 1. The first-order valence-electron chi connectivity index (χ1n) is 10.2. The first-order valence-corrected chi connectivity index (χ1v) is 10.2. The van der Waals surface area contributed by atoms with Crippen molar-refractivity contribution in [2.75, 3.05) is 7.05 Å². The van der Waals surface area contributed by atoms with Gasteiger partial charge in [0.1, 0.15) is 6.10 Å². The zero-order valence-electron chi connectivity index (χ0n) is 15.7. The number of aliphatic imine (C=N–C) groups is 1. The number of hydrogen-bond acceptors (Lipinski definition) is 4. The van der Waals surface area contributed by atoms with Crippen LogP contribution >= 0.6 is 0 Å². The fourth-order valence-electron chi connectivity index (χ4n) is 6.35. The summed E-state index contributed by atoms with van der Waals surface area (Å²) in [6.45, 7) is 2.10. The normalized spacial score (nSPS) is 41.1. The van der Waals surface area contributed by atoms with Crippen molar-refractivity contribution in [3.05, 3.63) is 29.8 Å². The number of cyclic esters (lactones) is 1. The number of carbonyl (C=O) groups is 1. The van der Waals surface area contributed by atoms with Crippen molar-refractivity contribution in [2.24, 2.45) is 34.6 Å². The monoisotopic (exact) mass is 352 g/mol. The van der Waals surface area contributed by atoms with Crippen molar-refractivity contribution in [1.29, 1.82) is 0 Å². The molecule has 0 spiro atoms. The Labute approximate surface area is 155 Å². The van der Waals surface area contributed by atoms with Crippen LogP contribution in [0.5, 0.6) is 0 Å². The number of benzene rings is 1. The molecule has 1 aromatic carbocycles. The molecule has 0 aromatic heterocycles. The lowest BCUT2D eigenvalue weighted by Gasteiger charge is -2.48. The maximum atomic E-state index is 12.5. The van der Waals surface area contributed by atoms with Crippen LogP contribution in [0.2, 0.25) is 0 Å². The molecule has 2 heterocycles. The number of esters is 1. The number of hydrogen-bond donors (Lipinski definition) is 1. The second-order valence-corrected chi connectivity index (χ2v) is 8.72. The summed E-state index contributed by atoms with van der Waals surface area (Å²) in [5, 5.41) is 3.47. The molecular weight excluding hydrogens is 324 g/mol. The average molecular weight is 352 g/mol. The number of rotatable bonds is 2. The van der Waals surface area contributed by atoms with Gasteiger partial charge in [-0.25, -0.2) is 0 Å². The van der Waals surface area contributed by atoms with Crippen molar-refractivity contribution in [1.82, 2.24) is 5.32 Å². The third-order valence-corrected chi connectivity index (χ3v) is 7.51. The average Bonchev–Trinajstić information content (AvgIpc) is 3.20. The van der Waals surface area contributed by atoms with Crippen molar-refractivity contribution in [3.63, 3.8) is 0 Å². The standard InChI is InChI=1S/C22H28N2O2/c1-12-20-17(22(25)26-12)10-14-9-15(23-2)7-8-16(14)21(20)19-11-13-5-3-4-6-18(13)24-19/h3-6,12,14-17,20-21,23H,7-11H2,1-2H3/t12-,14+,15-,16-,17-,20-,21?/m1/s1. The first kappa shape index (κ1) is 16.5. The summed E-state index contributed by atoms with van der Waals surface area (Å²) in [5.41, 5.74) is 3.77. The molecule has 1 unspecified atom stereocenters. The van der Waals surface area contributed by atoms with Crippen LogP contribution in [0, 0.1) is 29.6 Å². The van der Waals surface area contributed by atoms with E-state index >= 15 is 0 Å². The smallest absolute Gasteiger partial charge is 0.309 e. The molecule has 0 amide bonds. The van der Waals surface area contributed by atoms with E-state index in [1.54, 1.807) is 0 Å². The molecule has 4 heteroatoms. The molecule has 1 aromatic rings. The molecule has 0 radical (unpaired) electrons. The topological polar surface area (TPSA) is 50.7 Å². The maximum absolute atomic E-state index is 12.5. The second kappa shape index (κ2) is 6.19. The van der Waals surface area contributed by atoms with Gasteiger partial charge in [-0.05, 0) is 63.1 Å². The molecule has 7 atom stereocenters. The van der Waals surface area contributed by atoms with E-state index < -0.39 is 0 Å². The third kappa shape index (κ3) is 2.45. The molecule has 1 saturated heterocycles. The number of fused-ring (bicyclic) bond motifs is 3. The predicted molar refractivity (Wildman–Crippen MR) is 102 cm³/mol. The minimum atomic E-state index is 0.0203. The van der Waals surface area contributed by atoms with E-state index in [-0.39, 0.29) is 18.0 Å². The van der Waals surface area contributed by atoms with Crippen molar-refractivity contribution in [3.8, 4) is 0 Å². The number of para-hydroxylation sites is 1. The Kier molecular flexibility index (Phi) is 3.93. The second-order valence-electron chi connectivity index (χ2n) is 8.72. The number of ether oxygens (including phenoxy) is 1. The van der Waals surface area contributed by atoms with E-state index in [2.05, 4.69) is 43.6 Å². The lowest BCUT2D eigenvalue weighted by Crippen LogP contribution is -2.50. The predicted octanol–water partition coefficient (Wildman–Crippen LogP) is 3.52. The lowest BCUT2D eigenvalue weighted by molar-refractivity contribution is -0.144. The Morgan fingerprint density at radius 3 is 2.85 bits per heavy atom. The van der Waals surface area contributed by atoms with Crippen molar-refractivity contribution in [2.45, 2.75) is 51.2 Å². The molecule has 138 valence electrons. The van der Waals surface area contributed by atoms with Gasteiger partial charge in [0.15, 0.2) is 0 Å². The van der Waals surface area contributed by atoms with Gasteiger partial charge in [0.25, 0.3) is 0 Å². The summed E-state index contributed by atoms with van der Waals surface area (Å²) < 4.78 is 5.72. The summed E-state index contributed by atoms with van der Waals surface area (Å²) >= 11 is 0. The summed E-state index contributed by atoms with van der Waals surface area (Å²) in [7, 11) is 2.07. The molecule has 4 nitrogen and oxygen atoms in total. The van der Waals surface area contributed by atoms with Crippen molar-refractivity contribution >= 4 is 17.4 Å². The summed E-state index contributed by atoms with van der Waals surface area (Å²) in [4.78, 5) is 17.6. The van der Waals surface area contributed by atoms with Crippen LogP contribution in [0.15, 0.2) is 29.3 Å². The summed E-state index contributed by atoms with van der Waals surface area (Å²) in [5.74, 6) is 2.06. The highest BCUT2D eigenvalue weighted by Crippen LogP contribution is 2.54. The highest BCUT2D eigenvalue weighted by molar-refractivity contribution is 5.97. The third-order valence-electron chi connectivity index (χ3n) is 7.51. The van der Waals surface area contributed by atoms with Gasteiger partial charge in [-0.1, -0.05) is 18.2 Å². The van der Waals surface area contributed by atoms with E-state index in [4.69, 9.17) is 9.73 Å². The van der Waals surface area contributed by atoms with E-state index in [0.29, 0.717) is 29.7 Å². The molecule has 3 fully saturated rings. The van der Waals surface area contributed by atoms with Crippen LogP contribution in [0.1, 0.15) is 38.2 Å². The van der Waals surface area contributed by atoms with Crippen LogP contribution in [-0.2, 0) is 16.0 Å². The largest absolute Gasteiger partial charge is 0.462 e. The summed E-state index contributed by atoms with van der Waals surface area (Å²) in [6.07, 6.45) is 5.63. The van der Waals surface area contributed by atoms with Gasteiger partial charge >= 0.3 is 5.97 Å². The maximum Gasteiger partial charge on any atom is 0.309 e. The SMILES string of the molecule is CN[C@@H]1CC[C@H]2C(C3=Nc4ccccc4C3)[C@@H]3[C@@H](C)OC(=O)[C@@H]3C[C@@H]2C1. The van der Waals surface area contributed by atoms with Crippen molar-refractivity contribution < 1.29 is 9.53 Å². The summed E-state index contributed by atoms with van der Waals surface area (Å²) in [6, 6.07) is 9.08. The van der Waals surface area contributed by atoms with Gasteiger partial charge < -0.3 is 10.1 Å². The Bertz CT molecular complexity index is 758. The number of nitrogens with zero attached hydrogens (tertiary/aromatic N) is 1. The van der Waals surface area contributed by atoms with Crippen LogP contribution < -0.4 is 5.32 Å². The quantitative estimate of drug-likeness (QED) is 0.829. The number of carbonyl (C=O) groups excluding carboxylic acids is 1. The van der Waals surface area contributed by atoms with E-state index in [1.807, 2.05) is 0 Å². The zero-order chi connectivity index (χ0) is 17.8. The fourth-order valence-corrected chi connectivity index (χ4v) is 6.35. The molecule has 5 rings (SSSR count). The molecule has 0 bridgehead atoms. The highest BCUT2D eigenvalue weighted by atomic mass is 16.6. The molecule has 1 N–H and O–H groups in total. The van der Waals surface area contributed by atoms with Gasteiger partial charge in [-0.15, -0.1) is 0 Å². The highest BCUT2D eigenvalue weighted by Gasteiger charge is 2.56. The molecule has 2 aliphatic heterocycles. The minimum absolute atomic E-state index is 0.0203. The fraction of sp³-hybridized carbons (Fsp3) is 0.636. The molecule has 26 heavy (non-hydrogen) atoms. The van der Waals surface area contributed by atoms with E-state index in [1.165, 1.54) is 30.5 Å². The van der Waals surface area contributed by atoms with Gasteiger partial charge in [0.05, 0.1) is 11.6 Å². The van der Waals surface area contributed by atoms with E-state index in [9.17, 15) is 4.79 Å². The Hall–Kier alpha value is -1.68. The molecular formula is C22H28N2O2. The van der Waals surface area contributed by atoms with Gasteiger partial charge in [-0.2, -0.15) is 0 Å². The van der Waals surface area contributed by atoms with Gasteiger partial charge in [0.2, 0.25) is 0 Å². The minimum Gasteiger partial charge on any atom is -0.462 e. The lowest BCUT2D eigenvalue weighted by atomic mass is 9.55. The Morgan fingerprint density at radius 1 is 1.19 bits per heavy atom.